The maximum Gasteiger partial charge on any atom is 0.192 e. The van der Waals surface area contributed by atoms with Crippen molar-refractivity contribution in [2.24, 2.45) is 28.1 Å². The van der Waals surface area contributed by atoms with Gasteiger partial charge in [-0.1, -0.05) is 81.4 Å². The molecule has 0 N–H and O–H groups in total. The van der Waals surface area contributed by atoms with Gasteiger partial charge in [0, 0.05) is 21.7 Å². The second-order valence-corrected chi connectivity index (χ2v) is 20.5. The van der Waals surface area contributed by atoms with Crippen LogP contribution in [0.25, 0.3) is 0 Å². The second-order valence-electron chi connectivity index (χ2n) is 15.0. The van der Waals surface area contributed by atoms with E-state index in [1.54, 1.807) is 11.1 Å². The monoisotopic (exact) mass is 612 g/mol. The van der Waals surface area contributed by atoms with Crippen molar-refractivity contribution in [1.29, 1.82) is 0 Å². The molecule has 3 nitrogen and oxygen atoms in total. The Bertz CT molecular complexity index is 905. The topological polar surface area (TPSA) is 27.7 Å². The molecule has 0 bridgehead atoms. The van der Waals surface area contributed by atoms with Crippen LogP contribution in [0.1, 0.15) is 86.5 Å². The third-order valence-corrected chi connectivity index (χ3v) is 16.8. The van der Waals surface area contributed by atoms with Gasteiger partial charge in [0.1, 0.15) is 0 Å². The number of rotatable bonds is 3. The summed E-state index contributed by atoms with van der Waals surface area (Å²) in [6.45, 7) is 20.6. The molecule has 0 aromatic rings. The van der Waals surface area contributed by atoms with Crippen LogP contribution >= 0.6 is 22.6 Å². The van der Waals surface area contributed by atoms with Gasteiger partial charge in [-0.05, 0) is 80.0 Å². The maximum atomic E-state index is 7.13. The van der Waals surface area contributed by atoms with E-state index in [0.717, 1.165) is 37.9 Å². The largest absolute Gasteiger partial charge is 0.413 e. The van der Waals surface area contributed by atoms with Gasteiger partial charge in [0.15, 0.2) is 14.1 Å². The first-order valence-electron chi connectivity index (χ1n) is 14.1. The highest BCUT2D eigenvalue weighted by Crippen LogP contribution is 2.65. The summed E-state index contributed by atoms with van der Waals surface area (Å²) in [5.74, 6) is 0.999. The van der Waals surface area contributed by atoms with Crippen molar-refractivity contribution in [1.82, 2.24) is 0 Å². The number of hydrogen-bond donors (Lipinski definition) is 0. The van der Waals surface area contributed by atoms with Crippen molar-refractivity contribution in [2.45, 2.75) is 117 Å². The van der Waals surface area contributed by atoms with Crippen molar-refractivity contribution in [3.63, 3.8) is 0 Å². The van der Waals surface area contributed by atoms with Crippen LogP contribution in [-0.4, -0.2) is 37.8 Å². The second kappa shape index (κ2) is 8.66. The van der Waals surface area contributed by atoms with Gasteiger partial charge < -0.3 is 13.9 Å². The molecule has 2 saturated carbocycles. The third kappa shape index (κ3) is 4.30. The zero-order valence-corrected chi connectivity index (χ0v) is 26.7. The zero-order chi connectivity index (χ0) is 25.5. The van der Waals surface area contributed by atoms with Crippen LogP contribution in [0.15, 0.2) is 23.3 Å². The van der Waals surface area contributed by atoms with Crippen LogP contribution in [-0.2, 0) is 13.9 Å². The molecule has 0 amide bonds. The van der Waals surface area contributed by atoms with Gasteiger partial charge in [-0.15, -0.1) is 0 Å². The van der Waals surface area contributed by atoms with Crippen LogP contribution < -0.4 is 0 Å². The van der Waals surface area contributed by atoms with Crippen molar-refractivity contribution in [3.05, 3.63) is 23.3 Å². The van der Waals surface area contributed by atoms with Crippen molar-refractivity contribution < 1.29 is 13.9 Å². The fourth-order valence-electron chi connectivity index (χ4n) is 7.66. The molecule has 0 aromatic carbocycles. The Morgan fingerprint density at radius 3 is 2.37 bits per heavy atom. The molecule has 5 rings (SSSR count). The third-order valence-electron chi connectivity index (χ3n) is 11.0. The normalized spacial score (nSPS) is 40.4. The summed E-state index contributed by atoms with van der Waals surface area (Å²) in [7, 11) is -1.78. The Labute approximate surface area is 229 Å². The lowest BCUT2D eigenvalue weighted by Gasteiger charge is -2.57. The van der Waals surface area contributed by atoms with Crippen LogP contribution in [0.4, 0.5) is 0 Å². The molecule has 198 valence electrons. The number of ether oxygens (including phenoxy) is 2. The molecule has 5 atom stereocenters. The summed E-state index contributed by atoms with van der Waals surface area (Å²) >= 11 is 2.68. The van der Waals surface area contributed by atoms with Crippen LogP contribution in [0.2, 0.25) is 18.1 Å². The van der Waals surface area contributed by atoms with Gasteiger partial charge in [0.2, 0.25) is 0 Å². The minimum Gasteiger partial charge on any atom is -0.413 e. The molecule has 35 heavy (non-hydrogen) atoms. The first kappa shape index (κ1) is 26.9. The van der Waals surface area contributed by atoms with Gasteiger partial charge in [-0.2, -0.15) is 0 Å². The zero-order valence-electron chi connectivity index (χ0n) is 23.6. The molecule has 1 aliphatic heterocycles. The van der Waals surface area contributed by atoms with Crippen LogP contribution in [0.5, 0.6) is 0 Å². The predicted molar refractivity (Wildman–Crippen MR) is 155 cm³/mol. The molecule has 1 spiro atoms. The maximum absolute atomic E-state index is 7.13. The highest BCUT2D eigenvalue weighted by molar-refractivity contribution is 14.1. The fraction of sp³-hybridized carbons (Fsp3) is 0.867. The van der Waals surface area contributed by atoms with E-state index in [4.69, 9.17) is 13.9 Å². The van der Waals surface area contributed by atoms with Gasteiger partial charge >= 0.3 is 0 Å². The summed E-state index contributed by atoms with van der Waals surface area (Å²) in [5.41, 5.74) is 3.99. The number of halogens is 1. The molecule has 4 aliphatic carbocycles. The molecule has 0 unspecified atom stereocenters. The molecular weight excluding hydrogens is 563 g/mol. The average molecular weight is 613 g/mol. The SMILES string of the molecule is CC1(C)COC2(C=C3CC[C@@H]4C(=CC[C@]5(C)[C@@H](O[Si](C)(C)C(C)(C)C)CC[C@@H]45)[C@@]3(CI)CC2)OC1. The smallest absolute Gasteiger partial charge is 0.192 e. The van der Waals surface area contributed by atoms with Crippen molar-refractivity contribution in [2.75, 3.05) is 17.6 Å². The predicted octanol–water partition coefficient (Wildman–Crippen LogP) is 8.44. The number of fused-ring (bicyclic) bond motifs is 5. The molecule has 1 heterocycles. The summed E-state index contributed by atoms with van der Waals surface area (Å²) in [6.07, 6.45) is 13.9. The van der Waals surface area contributed by atoms with E-state index < -0.39 is 14.1 Å². The molecule has 1 saturated heterocycles. The van der Waals surface area contributed by atoms with E-state index in [0.29, 0.717) is 6.10 Å². The molecule has 5 aliphatic rings. The van der Waals surface area contributed by atoms with E-state index in [1.165, 1.54) is 36.5 Å². The Hall–Kier alpha value is 0.307. The minimum absolute atomic E-state index is 0.112. The Morgan fingerprint density at radius 1 is 1.06 bits per heavy atom. The van der Waals surface area contributed by atoms with Crippen LogP contribution in [0, 0.1) is 28.1 Å². The molecule has 0 aromatic heterocycles. The van der Waals surface area contributed by atoms with Crippen molar-refractivity contribution in [3.8, 4) is 0 Å². The minimum atomic E-state index is -1.78. The van der Waals surface area contributed by atoms with Crippen LogP contribution in [0.3, 0.4) is 0 Å². The number of alkyl halides is 1. The van der Waals surface area contributed by atoms with E-state index in [1.807, 2.05) is 0 Å². The van der Waals surface area contributed by atoms with Gasteiger partial charge in [-0.25, -0.2) is 0 Å². The lowest BCUT2D eigenvalue weighted by molar-refractivity contribution is -0.279. The molecule has 5 heteroatoms. The van der Waals surface area contributed by atoms with Gasteiger partial charge in [0.25, 0.3) is 0 Å². The molecular formula is C30H49IO3Si. The van der Waals surface area contributed by atoms with E-state index in [-0.39, 0.29) is 21.3 Å². The lowest BCUT2D eigenvalue weighted by Crippen LogP contribution is -2.53. The van der Waals surface area contributed by atoms with Gasteiger partial charge in [-0.3, -0.25) is 0 Å². The number of hydrogen-bond acceptors (Lipinski definition) is 3. The Morgan fingerprint density at radius 2 is 1.74 bits per heavy atom. The Balaban J connectivity index is 1.42. The Kier molecular flexibility index (Phi) is 6.65. The lowest BCUT2D eigenvalue weighted by atomic mass is 9.51. The van der Waals surface area contributed by atoms with E-state index in [9.17, 15) is 0 Å². The molecule has 0 radical (unpaired) electrons. The standard InChI is InChI=1S/C30H49IO3Si/c1-26(2,3)35(7,8)34-25-12-11-23-22-10-9-21-17-30(32-19-27(4,5)20-33-30)16-15-29(21,18-31)24(22)13-14-28(23,25)6/h13,17,22-23,25H,9-12,14-16,18-20H2,1-8H3/t22-,23-,25-,28-,29+/m0/s1. The molecule has 3 fully saturated rings. The first-order chi connectivity index (χ1) is 16.2. The van der Waals surface area contributed by atoms with Crippen molar-refractivity contribution >= 4 is 30.9 Å². The fourth-order valence-corrected chi connectivity index (χ4v) is 10.4. The highest BCUT2D eigenvalue weighted by Gasteiger charge is 2.59. The van der Waals surface area contributed by atoms with E-state index >= 15 is 0 Å². The quantitative estimate of drug-likeness (QED) is 0.139. The average Bonchev–Trinajstić information content (AvgIpc) is 3.11. The summed E-state index contributed by atoms with van der Waals surface area (Å²) < 4.78 is 21.2. The highest BCUT2D eigenvalue weighted by atomic mass is 127. The summed E-state index contributed by atoms with van der Waals surface area (Å²) in [4.78, 5) is 0. The van der Waals surface area contributed by atoms with Gasteiger partial charge in [0.05, 0.1) is 19.3 Å². The summed E-state index contributed by atoms with van der Waals surface area (Å²) in [5, 5.41) is 0.267. The first-order valence-corrected chi connectivity index (χ1v) is 18.5. The van der Waals surface area contributed by atoms with E-state index in [2.05, 4.69) is 89.4 Å². The summed E-state index contributed by atoms with van der Waals surface area (Å²) in [6, 6.07) is 0. The number of allylic oxidation sites excluding steroid dienone is 3.